The maximum Gasteiger partial charge on any atom is 0.147 e. The molecule has 1 N–H and O–H groups in total. The zero-order valence-electron chi connectivity index (χ0n) is 11.0. The molecule has 0 amide bonds. The van der Waals surface area contributed by atoms with Crippen molar-refractivity contribution in [3.63, 3.8) is 0 Å². The predicted molar refractivity (Wildman–Crippen MR) is 71.9 cm³/mol. The van der Waals surface area contributed by atoms with Gasteiger partial charge in [0, 0.05) is 13.0 Å². The third kappa shape index (κ3) is 1.62. The van der Waals surface area contributed by atoms with E-state index in [9.17, 15) is 0 Å². The first kappa shape index (κ1) is 11.3. The highest BCUT2D eigenvalue weighted by molar-refractivity contribution is 5.53. The molecule has 3 rings (SSSR count). The van der Waals surface area contributed by atoms with Gasteiger partial charge >= 0.3 is 0 Å². The molecule has 0 fully saturated rings. The summed E-state index contributed by atoms with van der Waals surface area (Å²) in [6.45, 7) is 4.43. The number of aromatic nitrogens is 1. The van der Waals surface area contributed by atoms with Crippen molar-refractivity contribution in [2.45, 2.75) is 26.2 Å². The van der Waals surface area contributed by atoms with Crippen molar-refractivity contribution in [3.05, 3.63) is 46.8 Å². The van der Waals surface area contributed by atoms with Crippen LogP contribution in [0.2, 0.25) is 0 Å². The highest BCUT2D eigenvalue weighted by Gasteiger charge is 2.34. The number of nitrogens with one attached hydrogen (secondary N) is 1. The second-order valence-electron chi connectivity index (χ2n) is 5.22. The van der Waals surface area contributed by atoms with Gasteiger partial charge in [0.25, 0.3) is 0 Å². The molecule has 1 aliphatic rings. The molecule has 1 heterocycles. The molecule has 2 atom stereocenters. The van der Waals surface area contributed by atoms with Crippen LogP contribution in [0.25, 0.3) is 0 Å². The normalized spacial score (nSPS) is 21.9. The number of rotatable bonds is 2. The molecule has 1 aliphatic carbocycles. The molecule has 0 saturated carbocycles. The molecule has 2 unspecified atom stereocenters. The molecule has 2 aromatic rings. The lowest BCUT2D eigenvalue weighted by atomic mass is 9.90. The van der Waals surface area contributed by atoms with Crippen LogP contribution in [0.3, 0.4) is 0 Å². The van der Waals surface area contributed by atoms with E-state index in [1.54, 1.807) is 6.26 Å². The van der Waals surface area contributed by atoms with Crippen molar-refractivity contribution in [3.8, 4) is 0 Å². The summed E-state index contributed by atoms with van der Waals surface area (Å²) in [5.74, 6) is 0.917. The number of aryl methyl sites for hydroxylation is 1. The van der Waals surface area contributed by atoms with Crippen LogP contribution in [0, 0.1) is 12.8 Å². The van der Waals surface area contributed by atoms with Crippen molar-refractivity contribution in [2.24, 2.45) is 5.92 Å². The molecule has 3 heteroatoms. The highest BCUT2D eigenvalue weighted by Crippen LogP contribution is 2.44. The quantitative estimate of drug-likeness (QED) is 0.877. The Balaban J connectivity index is 2.09. The summed E-state index contributed by atoms with van der Waals surface area (Å²) in [5, 5.41) is 7.36. The number of fused-ring (bicyclic) bond motifs is 1. The standard InChI is InChI=1S/C15H18N2O/c1-9-4-5-12-11(6-9)7-10(2)14(12)15-13(16-3)8-18-17-15/h4-6,8,10,14,16H,7H2,1-3H3. The molecule has 0 bridgehead atoms. The topological polar surface area (TPSA) is 38.1 Å². The molecular weight excluding hydrogens is 224 g/mol. The molecular formula is C15H18N2O. The molecule has 0 radical (unpaired) electrons. The van der Waals surface area contributed by atoms with E-state index in [-0.39, 0.29) is 0 Å². The number of nitrogens with zero attached hydrogens (tertiary/aromatic N) is 1. The number of benzene rings is 1. The summed E-state index contributed by atoms with van der Waals surface area (Å²) < 4.78 is 5.12. The molecule has 0 spiro atoms. The van der Waals surface area contributed by atoms with Crippen LogP contribution >= 0.6 is 0 Å². The molecule has 0 aliphatic heterocycles. The zero-order valence-corrected chi connectivity index (χ0v) is 11.0. The van der Waals surface area contributed by atoms with Gasteiger partial charge in [-0.25, -0.2) is 0 Å². The van der Waals surface area contributed by atoms with E-state index >= 15 is 0 Å². The molecule has 0 saturated heterocycles. The van der Waals surface area contributed by atoms with Crippen LogP contribution in [0.15, 0.2) is 29.0 Å². The van der Waals surface area contributed by atoms with Gasteiger partial charge in [-0.3, -0.25) is 0 Å². The second-order valence-corrected chi connectivity index (χ2v) is 5.22. The zero-order chi connectivity index (χ0) is 12.7. The monoisotopic (exact) mass is 242 g/mol. The minimum Gasteiger partial charge on any atom is -0.384 e. The third-order valence-electron chi connectivity index (χ3n) is 3.91. The van der Waals surface area contributed by atoms with E-state index in [0.717, 1.165) is 17.8 Å². The number of hydrogen-bond acceptors (Lipinski definition) is 3. The van der Waals surface area contributed by atoms with Gasteiger partial charge in [-0.1, -0.05) is 35.8 Å². The van der Waals surface area contributed by atoms with Crippen LogP contribution in [0.4, 0.5) is 5.69 Å². The van der Waals surface area contributed by atoms with E-state index in [0.29, 0.717) is 11.8 Å². The first-order valence-corrected chi connectivity index (χ1v) is 6.42. The molecule has 1 aromatic heterocycles. The Hall–Kier alpha value is -1.77. The first-order chi connectivity index (χ1) is 8.70. The minimum atomic E-state index is 0.349. The van der Waals surface area contributed by atoms with E-state index in [1.165, 1.54) is 16.7 Å². The van der Waals surface area contributed by atoms with Crippen LogP contribution in [-0.4, -0.2) is 12.2 Å². The summed E-state index contributed by atoms with van der Waals surface area (Å²) in [5.41, 5.74) is 6.22. The number of hydrogen-bond donors (Lipinski definition) is 1. The Bertz CT molecular complexity index is 574. The Kier molecular flexibility index (Phi) is 2.62. The maximum absolute atomic E-state index is 5.12. The van der Waals surface area contributed by atoms with Gasteiger partial charge in [0.15, 0.2) is 0 Å². The average Bonchev–Trinajstić information content (AvgIpc) is 2.90. The molecule has 18 heavy (non-hydrogen) atoms. The fourth-order valence-electron chi connectivity index (χ4n) is 3.06. The van der Waals surface area contributed by atoms with Gasteiger partial charge in [-0.2, -0.15) is 0 Å². The summed E-state index contributed by atoms with van der Waals surface area (Å²) in [6, 6.07) is 6.72. The third-order valence-corrected chi connectivity index (χ3v) is 3.91. The minimum absolute atomic E-state index is 0.349. The van der Waals surface area contributed by atoms with Gasteiger partial charge < -0.3 is 9.84 Å². The van der Waals surface area contributed by atoms with Gasteiger partial charge in [-0.15, -0.1) is 0 Å². The van der Waals surface area contributed by atoms with E-state index in [4.69, 9.17) is 4.52 Å². The highest BCUT2D eigenvalue weighted by atomic mass is 16.5. The van der Waals surface area contributed by atoms with Crippen molar-refractivity contribution in [1.82, 2.24) is 5.16 Å². The van der Waals surface area contributed by atoms with Crippen LogP contribution < -0.4 is 5.32 Å². The van der Waals surface area contributed by atoms with Crippen molar-refractivity contribution in [1.29, 1.82) is 0 Å². The fraction of sp³-hybridized carbons (Fsp3) is 0.400. The lowest BCUT2D eigenvalue weighted by Crippen LogP contribution is -2.08. The average molecular weight is 242 g/mol. The Morgan fingerprint density at radius 1 is 1.39 bits per heavy atom. The first-order valence-electron chi connectivity index (χ1n) is 6.42. The Morgan fingerprint density at radius 2 is 2.22 bits per heavy atom. The smallest absolute Gasteiger partial charge is 0.147 e. The Morgan fingerprint density at radius 3 is 3.00 bits per heavy atom. The van der Waals surface area contributed by atoms with E-state index in [2.05, 4.69) is 42.5 Å². The summed E-state index contributed by atoms with van der Waals surface area (Å²) >= 11 is 0. The lowest BCUT2D eigenvalue weighted by Gasteiger charge is -2.15. The largest absolute Gasteiger partial charge is 0.384 e. The van der Waals surface area contributed by atoms with Gasteiger partial charge in [0.1, 0.15) is 12.0 Å². The number of anilines is 1. The molecule has 1 aromatic carbocycles. The fourth-order valence-corrected chi connectivity index (χ4v) is 3.06. The van der Waals surface area contributed by atoms with Crippen molar-refractivity contribution >= 4 is 5.69 Å². The van der Waals surface area contributed by atoms with Gasteiger partial charge in [0.05, 0.1) is 5.69 Å². The van der Waals surface area contributed by atoms with E-state index in [1.807, 2.05) is 7.05 Å². The maximum atomic E-state index is 5.12. The van der Waals surface area contributed by atoms with Crippen LogP contribution in [0.1, 0.15) is 35.2 Å². The molecule has 3 nitrogen and oxygen atoms in total. The Labute approximate surface area is 107 Å². The summed E-state index contributed by atoms with van der Waals surface area (Å²) in [4.78, 5) is 0. The second kappa shape index (κ2) is 4.16. The van der Waals surface area contributed by atoms with Crippen LogP contribution in [-0.2, 0) is 6.42 Å². The summed E-state index contributed by atoms with van der Waals surface area (Å²) in [7, 11) is 1.91. The van der Waals surface area contributed by atoms with Crippen molar-refractivity contribution in [2.75, 3.05) is 12.4 Å². The predicted octanol–water partition coefficient (Wildman–Crippen LogP) is 3.35. The van der Waals surface area contributed by atoms with Crippen LogP contribution in [0.5, 0.6) is 0 Å². The van der Waals surface area contributed by atoms with E-state index < -0.39 is 0 Å². The SMILES string of the molecule is CNc1conc1C1c2ccc(C)cc2CC1C. The van der Waals surface area contributed by atoms with Crippen molar-refractivity contribution < 1.29 is 4.52 Å². The lowest BCUT2D eigenvalue weighted by molar-refractivity contribution is 0.400. The van der Waals surface area contributed by atoms with Gasteiger partial charge in [0.2, 0.25) is 0 Å². The van der Waals surface area contributed by atoms with Gasteiger partial charge in [-0.05, 0) is 30.4 Å². The summed E-state index contributed by atoms with van der Waals surface area (Å²) in [6.07, 6.45) is 2.81. The molecule has 94 valence electrons.